The largest absolute Gasteiger partial charge is 0.493 e. The lowest BCUT2D eigenvalue weighted by Gasteiger charge is -2.20. The molecule has 0 bridgehead atoms. The molecule has 2 aromatic carbocycles. The van der Waals surface area contributed by atoms with E-state index in [1.54, 1.807) is 38.1 Å². The molecule has 2 aromatic rings. The summed E-state index contributed by atoms with van der Waals surface area (Å²) >= 11 is 0. The molecule has 0 N–H and O–H groups in total. The van der Waals surface area contributed by atoms with Crippen molar-refractivity contribution in [2.24, 2.45) is 0 Å². The summed E-state index contributed by atoms with van der Waals surface area (Å²) in [5.74, 6) is 0. The van der Waals surface area contributed by atoms with Crippen molar-refractivity contribution < 1.29 is 4.70 Å². The Hall–Kier alpha value is -2.48. The van der Waals surface area contributed by atoms with E-state index in [1.807, 2.05) is 0 Å². The minimum atomic E-state index is 1.04. The molecule has 0 aliphatic carbocycles. The van der Waals surface area contributed by atoms with E-state index >= 15 is 0 Å². The highest BCUT2D eigenvalue weighted by molar-refractivity contribution is 5.83. The third kappa shape index (κ3) is 16.7. The van der Waals surface area contributed by atoms with Gasteiger partial charge in [-0.1, -0.05) is 171 Å². The third-order valence-corrected chi connectivity index (χ3v) is 13.6. The Balaban J connectivity index is 2.35. The van der Waals surface area contributed by atoms with Gasteiger partial charge in [0.05, 0.1) is 0 Å². The van der Waals surface area contributed by atoms with E-state index in [1.165, 1.54) is 196 Å². The standard InChI is InChI=1S/C58H96N2/c1-9-17-25-26-27-34-42-56-55(39-24-16-8)57(51-43-47(35-28-18-10-2)53(40-32-22-14-6)48(44-51)36-29-19-11-3)60(59)58(56)52-45-49(37-30-20-12-4)54(41-33-23-15-7)50(46-52)38-31-21-13-5/h43-46H,9-42H2,1-8H3. The lowest BCUT2D eigenvalue weighted by atomic mass is 9.85. The first-order valence-corrected chi connectivity index (χ1v) is 26.7. The lowest BCUT2D eigenvalue weighted by molar-refractivity contribution is -0.345. The quantitative estimate of drug-likeness (QED) is 0.0483. The summed E-state index contributed by atoms with van der Waals surface area (Å²) in [7, 11) is 0. The summed E-state index contributed by atoms with van der Waals surface area (Å²) in [4.78, 5) is 0. The van der Waals surface area contributed by atoms with E-state index in [-0.39, 0.29) is 0 Å². The molecule has 0 amide bonds. The Morgan fingerprint density at radius 3 is 0.883 bits per heavy atom. The first-order valence-electron chi connectivity index (χ1n) is 26.7. The van der Waals surface area contributed by atoms with Crippen LogP contribution in [0.15, 0.2) is 35.4 Å². The summed E-state index contributed by atoms with van der Waals surface area (Å²) in [5.41, 5.74) is 30.3. The first-order chi connectivity index (χ1) is 29.4. The minimum absolute atomic E-state index is 1.04. The van der Waals surface area contributed by atoms with Gasteiger partial charge in [-0.15, -0.1) is 0 Å². The molecule has 0 spiro atoms. The van der Waals surface area contributed by atoms with Gasteiger partial charge in [0.2, 0.25) is 11.4 Å². The molecule has 1 heterocycles. The predicted octanol–water partition coefficient (Wildman–Crippen LogP) is 19.2. The smallest absolute Gasteiger partial charge is 0.211 e. The summed E-state index contributed by atoms with van der Waals surface area (Å²) in [5, 5.41) is 0. The van der Waals surface area contributed by atoms with Crippen LogP contribution in [0.4, 0.5) is 0 Å². The van der Waals surface area contributed by atoms with Crippen LogP contribution >= 0.6 is 0 Å². The van der Waals surface area contributed by atoms with Gasteiger partial charge in [0.25, 0.3) is 0 Å². The second kappa shape index (κ2) is 31.4. The van der Waals surface area contributed by atoms with Crippen LogP contribution in [0.1, 0.15) is 280 Å². The van der Waals surface area contributed by atoms with E-state index in [9.17, 15) is 5.53 Å². The van der Waals surface area contributed by atoms with Crippen LogP contribution in [-0.4, -0.2) is 4.70 Å². The fourth-order valence-electron chi connectivity index (χ4n) is 9.99. The molecule has 1 aliphatic rings. The number of allylic oxidation sites excluding steroid dienone is 2. The molecule has 0 atom stereocenters. The van der Waals surface area contributed by atoms with Crippen molar-refractivity contribution in [1.29, 1.82) is 0 Å². The van der Waals surface area contributed by atoms with Crippen molar-refractivity contribution in [2.75, 3.05) is 0 Å². The van der Waals surface area contributed by atoms with Crippen LogP contribution in [-0.2, 0) is 38.5 Å². The molecule has 0 saturated carbocycles. The maximum atomic E-state index is 13.1. The highest BCUT2D eigenvalue weighted by Crippen LogP contribution is 2.46. The van der Waals surface area contributed by atoms with Crippen molar-refractivity contribution in [2.45, 2.75) is 274 Å². The third-order valence-electron chi connectivity index (χ3n) is 13.6. The zero-order chi connectivity index (χ0) is 43.4. The zero-order valence-corrected chi connectivity index (χ0v) is 41.2. The number of unbranched alkanes of at least 4 members (excludes halogenated alkanes) is 18. The SMILES string of the molecule is CCCCCCCCC1=C(c2cc(CCCCC)c(CCCCC)c(CCCCC)c2)[N+](=[N-])C(c2cc(CCCCC)c(CCCCC)c(CCCCC)c2)=C1CCCC. The van der Waals surface area contributed by atoms with Crippen molar-refractivity contribution in [1.82, 2.24) is 0 Å². The second-order valence-electron chi connectivity index (χ2n) is 18.9. The number of hydrogen-bond donors (Lipinski definition) is 0. The fourth-order valence-corrected chi connectivity index (χ4v) is 9.99. The van der Waals surface area contributed by atoms with Crippen molar-refractivity contribution in [3.63, 3.8) is 0 Å². The fraction of sp³-hybridized carbons (Fsp3) is 0.724. The van der Waals surface area contributed by atoms with Crippen LogP contribution in [0.3, 0.4) is 0 Å². The molecular weight excluding hydrogens is 725 g/mol. The molecule has 0 fully saturated rings. The topological polar surface area (TPSA) is 25.3 Å². The maximum absolute atomic E-state index is 13.1. The monoisotopic (exact) mass is 821 g/mol. The molecule has 2 heteroatoms. The second-order valence-corrected chi connectivity index (χ2v) is 18.9. The lowest BCUT2D eigenvalue weighted by Crippen LogP contribution is -2.09. The van der Waals surface area contributed by atoms with Crippen LogP contribution in [0.2, 0.25) is 0 Å². The summed E-state index contributed by atoms with van der Waals surface area (Å²) < 4.78 is 1.76. The number of nitrogens with zero attached hydrogens (tertiary/aromatic N) is 2. The highest BCUT2D eigenvalue weighted by atomic mass is 15.2. The molecule has 0 aromatic heterocycles. The van der Waals surface area contributed by atoms with Crippen molar-refractivity contribution in [3.05, 3.63) is 85.5 Å². The number of aryl methyl sites for hydroxylation is 4. The molecule has 0 saturated heterocycles. The van der Waals surface area contributed by atoms with E-state index < -0.39 is 0 Å². The molecule has 0 unspecified atom stereocenters. The molecule has 60 heavy (non-hydrogen) atoms. The molecule has 3 rings (SSSR count). The predicted molar refractivity (Wildman–Crippen MR) is 267 cm³/mol. The minimum Gasteiger partial charge on any atom is -0.493 e. The zero-order valence-electron chi connectivity index (χ0n) is 41.2. The van der Waals surface area contributed by atoms with Gasteiger partial charge in [-0.2, -0.15) is 0 Å². The first kappa shape index (κ1) is 51.9. The van der Waals surface area contributed by atoms with Crippen LogP contribution < -0.4 is 0 Å². The summed E-state index contributed by atoms with van der Waals surface area (Å²) in [6.45, 7) is 18.7. The molecule has 1 aliphatic heterocycles. The molecule has 338 valence electrons. The Labute approximate surface area is 373 Å². The Bertz CT molecular complexity index is 1510. The van der Waals surface area contributed by atoms with Gasteiger partial charge in [0.15, 0.2) is 0 Å². The van der Waals surface area contributed by atoms with E-state index in [2.05, 4.69) is 79.7 Å². The van der Waals surface area contributed by atoms with Crippen molar-refractivity contribution in [3.8, 4) is 0 Å². The Kier molecular flexibility index (Phi) is 27.1. The van der Waals surface area contributed by atoms with E-state index in [0.29, 0.717) is 0 Å². The van der Waals surface area contributed by atoms with Crippen LogP contribution in [0.5, 0.6) is 0 Å². The van der Waals surface area contributed by atoms with Gasteiger partial charge >= 0.3 is 0 Å². The van der Waals surface area contributed by atoms with Crippen molar-refractivity contribution >= 4 is 11.4 Å². The average Bonchev–Trinajstić information content (AvgIpc) is 3.52. The summed E-state index contributed by atoms with van der Waals surface area (Å²) in [6.07, 6.45) is 42.0. The maximum Gasteiger partial charge on any atom is 0.211 e. The van der Waals surface area contributed by atoms with Gasteiger partial charge in [-0.3, -0.25) is 0 Å². The van der Waals surface area contributed by atoms with Gasteiger partial charge in [0, 0.05) is 22.3 Å². The molecule has 2 nitrogen and oxygen atoms in total. The van der Waals surface area contributed by atoms with E-state index in [4.69, 9.17) is 0 Å². The Morgan fingerprint density at radius 2 is 0.550 bits per heavy atom. The molecule has 0 radical (unpaired) electrons. The highest BCUT2D eigenvalue weighted by Gasteiger charge is 2.36. The van der Waals surface area contributed by atoms with Gasteiger partial charge < -0.3 is 5.53 Å². The number of rotatable bonds is 36. The number of hydrogen-bond acceptors (Lipinski definition) is 0. The number of benzene rings is 2. The van der Waals surface area contributed by atoms with E-state index in [0.717, 1.165) is 56.3 Å². The van der Waals surface area contributed by atoms with Gasteiger partial charge in [-0.25, -0.2) is 4.70 Å². The molecular formula is C58H96N2. The average molecular weight is 821 g/mol. The summed E-state index contributed by atoms with van der Waals surface area (Å²) in [6, 6.07) is 10.3. The normalized spacial score (nSPS) is 13.2. The van der Waals surface area contributed by atoms with Gasteiger partial charge in [0.1, 0.15) is 0 Å². The van der Waals surface area contributed by atoms with Crippen LogP contribution in [0.25, 0.3) is 16.9 Å². The van der Waals surface area contributed by atoms with Crippen LogP contribution in [0, 0.1) is 0 Å². The van der Waals surface area contributed by atoms with Gasteiger partial charge in [-0.05, 0) is 160 Å². The Morgan fingerprint density at radius 1 is 0.300 bits per heavy atom.